The third-order valence-electron chi connectivity index (χ3n) is 4.83. The molecule has 0 aromatic carbocycles. The summed E-state index contributed by atoms with van der Waals surface area (Å²) in [6, 6.07) is 10.4. The van der Waals surface area contributed by atoms with Crippen molar-refractivity contribution >= 4 is 28.2 Å². The van der Waals surface area contributed by atoms with Gasteiger partial charge < -0.3 is 9.64 Å². The lowest BCUT2D eigenvalue weighted by atomic mass is 10.0. The highest BCUT2D eigenvalue weighted by atomic mass is 32.1. The highest BCUT2D eigenvalue weighted by Gasteiger charge is 2.21. The number of hydrogen-bond donors (Lipinski definition) is 1. The Kier molecular flexibility index (Phi) is 4.10. The van der Waals surface area contributed by atoms with Gasteiger partial charge in [-0.2, -0.15) is 5.10 Å². The molecule has 0 saturated carbocycles. The summed E-state index contributed by atoms with van der Waals surface area (Å²) in [6.45, 7) is 5.25. The van der Waals surface area contributed by atoms with Crippen molar-refractivity contribution in [3.63, 3.8) is 0 Å². The lowest BCUT2D eigenvalue weighted by Gasteiger charge is -2.29. The van der Waals surface area contributed by atoms with Crippen LogP contribution >= 0.6 is 11.3 Å². The summed E-state index contributed by atoms with van der Waals surface area (Å²) in [4.78, 5) is 13.9. The minimum absolute atomic E-state index is 0.723. The Labute approximate surface area is 160 Å². The number of nitrogens with zero attached hydrogens (tertiary/aromatic N) is 4. The first kappa shape index (κ1) is 16.4. The smallest absolute Gasteiger partial charge is 0.182 e. The molecule has 136 valence electrons. The third kappa shape index (κ3) is 2.89. The van der Waals surface area contributed by atoms with Gasteiger partial charge in [0.1, 0.15) is 5.82 Å². The molecule has 5 rings (SSSR count). The van der Waals surface area contributed by atoms with E-state index < -0.39 is 0 Å². The Morgan fingerprint density at radius 1 is 1.04 bits per heavy atom. The van der Waals surface area contributed by atoms with E-state index in [1.54, 1.807) is 11.3 Å². The second kappa shape index (κ2) is 6.75. The van der Waals surface area contributed by atoms with E-state index in [0.717, 1.165) is 60.0 Å². The van der Waals surface area contributed by atoms with E-state index in [4.69, 9.17) is 4.74 Å². The molecule has 1 fully saturated rings. The van der Waals surface area contributed by atoms with E-state index in [0.29, 0.717) is 0 Å². The molecule has 5 heterocycles. The zero-order valence-corrected chi connectivity index (χ0v) is 15.8. The van der Waals surface area contributed by atoms with Gasteiger partial charge in [0.05, 0.1) is 24.3 Å². The SMILES string of the molecule is Cc1ccc(-c2ccnc3n[nH]c(-c4cccnc4N4CCOCC4)c23)s1. The number of rotatable bonds is 3. The molecule has 0 bridgehead atoms. The summed E-state index contributed by atoms with van der Waals surface area (Å²) in [5, 5.41) is 8.74. The number of thiophene rings is 1. The maximum atomic E-state index is 5.50. The largest absolute Gasteiger partial charge is 0.378 e. The third-order valence-corrected chi connectivity index (χ3v) is 5.86. The van der Waals surface area contributed by atoms with Gasteiger partial charge >= 0.3 is 0 Å². The van der Waals surface area contributed by atoms with Crippen LogP contribution < -0.4 is 4.90 Å². The minimum Gasteiger partial charge on any atom is -0.378 e. The summed E-state index contributed by atoms with van der Waals surface area (Å²) in [5.74, 6) is 0.962. The van der Waals surface area contributed by atoms with E-state index in [9.17, 15) is 0 Å². The van der Waals surface area contributed by atoms with Crippen LogP contribution in [0.5, 0.6) is 0 Å². The van der Waals surface area contributed by atoms with Gasteiger partial charge in [-0.05, 0) is 37.3 Å². The van der Waals surface area contributed by atoms with E-state index in [1.807, 2.05) is 18.5 Å². The molecule has 1 aliphatic rings. The molecule has 0 unspecified atom stereocenters. The Morgan fingerprint density at radius 3 is 2.74 bits per heavy atom. The lowest BCUT2D eigenvalue weighted by molar-refractivity contribution is 0.122. The topological polar surface area (TPSA) is 66.9 Å². The molecule has 6 nitrogen and oxygen atoms in total. The number of H-pyrrole nitrogens is 1. The highest BCUT2D eigenvalue weighted by molar-refractivity contribution is 7.15. The monoisotopic (exact) mass is 377 g/mol. The van der Waals surface area contributed by atoms with Crippen LogP contribution in [-0.2, 0) is 4.74 Å². The standard InChI is InChI=1S/C20H19N5OS/c1-13-4-5-16(27-13)14-6-8-21-19-17(14)18(23-24-19)15-3-2-7-22-20(15)25-9-11-26-12-10-25/h2-8H,9-12H2,1H3,(H,21,23,24). The van der Waals surface area contributed by atoms with E-state index >= 15 is 0 Å². The predicted octanol–water partition coefficient (Wildman–Crippen LogP) is 3.89. The molecule has 4 aromatic rings. The first-order valence-corrected chi connectivity index (χ1v) is 9.81. The number of morpholine rings is 1. The fraction of sp³-hybridized carbons (Fsp3) is 0.250. The molecule has 7 heteroatoms. The molecule has 1 saturated heterocycles. The molecule has 27 heavy (non-hydrogen) atoms. The van der Waals surface area contributed by atoms with Crippen molar-refractivity contribution in [1.82, 2.24) is 20.2 Å². The van der Waals surface area contributed by atoms with Crippen LogP contribution in [0.1, 0.15) is 4.88 Å². The average molecular weight is 377 g/mol. The Bertz CT molecular complexity index is 1100. The molecular formula is C20H19N5OS. The summed E-state index contributed by atoms with van der Waals surface area (Å²) in [7, 11) is 0. The van der Waals surface area contributed by atoms with Gasteiger partial charge in [0.25, 0.3) is 0 Å². The van der Waals surface area contributed by atoms with Crippen LogP contribution in [0.15, 0.2) is 42.7 Å². The number of fused-ring (bicyclic) bond motifs is 1. The molecule has 4 aromatic heterocycles. The Balaban J connectivity index is 1.71. The molecule has 0 aliphatic carbocycles. The summed E-state index contributed by atoms with van der Waals surface area (Å²) >= 11 is 1.78. The van der Waals surface area contributed by atoms with E-state index in [-0.39, 0.29) is 0 Å². The molecule has 0 atom stereocenters. The van der Waals surface area contributed by atoms with Crippen molar-refractivity contribution in [2.24, 2.45) is 0 Å². The fourth-order valence-electron chi connectivity index (χ4n) is 3.55. The zero-order chi connectivity index (χ0) is 18.2. The van der Waals surface area contributed by atoms with Crippen LogP contribution in [-0.4, -0.2) is 46.5 Å². The van der Waals surface area contributed by atoms with Crippen LogP contribution in [0.4, 0.5) is 5.82 Å². The normalized spacial score (nSPS) is 14.8. The number of pyridine rings is 2. The average Bonchev–Trinajstić information content (AvgIpc) is 3.35. The van der Waals surface area contributed by atoms with E-state index in [2.05, 4.69) is 56.3 Å². The van der Waals surface area contributed by atoms with Crippen molar-refractivity contribution in [3.8, 4) is 21.7 Å². The number of hydrogen-bond acceptors (Lipinski definition) is 6. The van der Waals surface area contributed by atoms with Gasteiger partial charge in [-0.15, -0.1) is 11.3 Å². The van der Waals surface area contributed by atoms with E-state index in [1.165, 1.54) is 9.75 Å². The first-order valence-electron chi connectivity index (χ1n) is 8.99. The van der Waals surface area contributed by atoms with Crippen molar-refractivity contribution in [3.05, 3.63) is 47.6 Å². The Hall–Kier alpha value is -2.77. The van der Waals surface area contributed by atoms with Gasteiger partial charge in [-0.25, -0.2) is 9.97 Å². The zero-order valence-electron chi connectivity index (χ0n) is 15.0. The summed E-state index contributed by atoms with van der Waals surface area (Å²) in [6.07, 6.45) is 3.66. The summed E-state index contributed by atoms with van der Waals surface area (Å²) < 4.78 is 5.50. The Morgan fingerprint density at radius 2 is 1.93 bits per heavy atom. The number of aromatic amines is 1. The van der Waals surface area contributed by atoms with Crippen molar-refractivity contribution in [2.45, 2.75) is 6.92 Å². The van der Waals surface area contributed by atoms with Gasteiger partial charge in [-0.3, -0.25) is 5.10 Å². The van der Waals surface area contributed by atoms with Crippen molar-refractivity contribution < 1.29 is 4.74 Å². The molecule has 1 N–H and O–H groups in total. The number of aryl methyl sites for hydroxylation is 1. The van der Waals surface area contributed by atoms with Gasteiger partial charge in [0, 0.05) is 46.4 Å². The maximum absolute atomic E-state index is 5.50. The van der Waals surface area contributed by atoms with Crippen LogP contribution in [0.25, 0.3) is 32.7 Å². The van der Waals surface area contributed by atoms with Crippen molar-refractivity contribution in [2.75, 3.05) is 31.2 Å². The lowest BCUT2D eigenvalue weighted by Crippen LogP contribution is -2.37. The molecule has 0 spiro atoms. The fourth-order valence-corrected chi connectivity index (χ4v) is 4.44. The minimum atomic E-state index is 0.723. The number of ether oxygens (including phenoxy) is 1. The van der Waals surface area contributed by atoms with Crippen molar-refractivity contribution in [1.29, 1.82) is 0 Å². The second-order valence-electron chi connectivity index (χ2n) is 6.54. The van der Waals surface area contributed by atoms with Gasteiger partial charge in [0.15, 0.2) is 5.65 Å². The quantitative estimate of drug-likeness (QED) is 0.587. The number of nitrogens with one attached hydrogen (secondary N) is 1. The maximum Gasteiger partial charge on any atom is 0.182 e. The highest BCUT2D eigenvalue weighted by Crippen LogP contribution is 2.39. The molecular weight excluding hydrogens is 358 g/mol. The van der Waals surface area contributed by atoms with Crippen LogP contribution in [0.3, 0.4) is 0 Å². The van der Waals surface area contributed by atoms with Gasteiger partial charge in [-0.1, -0.05) is 0 Å². The molecule has 1 aliphatic heterocycles. The van der Waals surface area contributed by atoms with Crippen LogP contribution in [0, 0.1) is 6.92 Å². The number of anilines is 1. The van der Waals surface area contributed by atoms with Gasteiger partial charge in [0.2, 0.25) is 0 Å². The second-order valence-corrected chi connectivity index (χ2v) is 7.83. The summed E-state index contributed by atoms with van der Waals surface area (Å²) in [5.41, 5.74) is 3.89. The first-order chi connectivity index (χ1) is 13.3. The van der Waals surface area contributed by atoms with Crippen LogP contribution in [0.2, 0.25) is 0 Å². The predicted molar refractivity (Wildman–Crippen MR) is 108 cm³/mol. The molecule has 0 radical (unpaired) electrons. The number of aromatic nitrogens is 4. The molecule has 0 amide bonds.